The van der Waals surface area contributed by atoms with E-state index < -0.39 is 0 Å². The Labute approximate surface area is 118 Å². The van der Waals surface area contributed by atoms with E-state index in [1.807, 2.05) is 17.0 Å². The third-order valence-electron chi connectivity index (χ3n) is 2.83. The molecule has 2 aromatic carbocycles. The third kappa shape index (κ3) is 3.20. The summed E-state index contributed by atoms with van der Waals surface area (Å²) in [5, 5.41) is 1.35. The maximum atomic E-state index is 2.28. The topological polar surface area (TPSA) is 0 Å². The zero-order valence-corrected chi connectivity index (χ0v) is 12.1. The fourth-order valence-corrected chi connectivity index (χ4v) is 4.31. The Morgan fingerprint density at radius 3 is 2.21 bits per heavy atom. The lowest BCUT2D eigenvalue weighted by molar-refractivity contribution is 1.67. The van der Waals surface area contributed by atoms with Crippen molar-refractivity contribution in [2.24, 2.45) is 0 Å². The first-order valence-electron chi connectivity index (χ1n) is 6.17. The molecular formula is C17H13PS. The minimum atomic E-state index is 1.25. The largest absolute Gasteiger partial charge is 0.112 e. The summed E-state index contributed by atoms with van der Waals surface area (Å²) >= 11 is 0. The van der Waals surface area contributed by atoms with Gasteiger partial charge in [0.25, 0.3) is 0 Å². The summed E-state index contributed by atoms with van der Waals surface area (Å²) in [6.07, 6.45) is 4.38. The molecule has 92 valence electrons. The second kappa shape index (κ2) is 5.97. The van der Waals surface area contributed by atoms with Gasteiger partial charge < -0.3 is 0 Å². The van der Waals surface area contributed by atoms with Gasteiger partial charge in [0.1, 0.15) is 0 Å². The maximum Gasteiger partial charge on any atom is 0.0399 e. The van der Waals surface area contributed by atoms with Gasteiger partial charge in [-0.2, -0.15) is 0 Å². The average molecular weight is 280 g/mol. The Bertz CT molecular complexity index is 669. The molecule has 0 aliphatic rings. The van der Waals surface area contributed by atoms with E-state index in [-0.39, 0.29) is 0 Å². The molecule has 19 heavy (non-hydrogen) atoms. The normalized spacial score (nSPS) is 11.4. The van der Waals surface area contributed by atoms with Crippen molar-refractivity contribution < 1.29 is 0 Å². The molecule has 0 spiro atoms. The molecule has 0 fully saturated rings. The molecule has 0 saturated carbocycles. The average Bonchev–Trinajstić information content (AvgIpc) is 2.96. The lowest BCUT2D eigenvalue weighted by Gasteiger charge is -1.93. The summed E-state index contributed by atoms with van der Waals surface area (Å²) in [7, 11) is 3.20. The lowest BCUT2D eigenvalue weighted by atomic mass is 10.2. The summed E-state index contributed by atoms with van der Waals surface area (Å²) in [5.41, 5.74) is 2.56. The van der Waals surface area contributed by atoms with Crippen molar-refractivity contribution in [3.63, 3.8) is 0 Å². The zero-order chi connectivity index (χ0) is 12.9. The quantitative estimate of drug-likeness (QED) is 0.538. The van der Waals surface area contributed by atoms with Crippen LogP contribution in [0.5, 0.6) is 0 Å². The van der Waals surface area contributed by atoms with Gasteiger partial charge in [-0.25, -0.2) is 0 Å². The maximum absolute atomic E-state index is 2.28. The molecule has 0 radical (unpaired) electrons. The summed E-state index contributed by atoms with van der Waals surface area (Å²) in [6.45, 7) is 0. The van der Waals surface area contributed by atoms with Crippen molar-refractivity contribution in [3.05, 3.63) is 77.6 Å². The predicted octanol–water partition coefficient (Wildman–Crippen LogP) is 6.17. The van der Waals surface area contributed by atoms with E-state index in [0.717, 1.165) is 0 Å². The monoisotopic (exact) mass is 280 g/mol. The molecule has 0 N–H and O–H groups in total. The molecule has 0 aliphatic heterocycles. The van der Waals surface area contributed by atoms with Crippen LogP contribution < -0.4 is 0 Å². The third-order valence-corrected chi connectivity index (χ3v) is 5.46. The first kappa shape index (κ1) is 12.3. The molecule has 0 atom stereocenters. The first-order chi connectivity index (χ1) is 9.42. The van der Waals surface area contributed by atoms with Crippen LogP contribution in [0.4, 0.5) is 0 Å². The van der Waals surface area contributed by atoms with Crippen LogP contribution in [0.2, 0.25) is 0 Å². The van der Waals surface area contributed by atoms with Crippen molar-refractivity contribution in [2.75, 3.05) is 0 Å². The standard InChI is InChI=1S/C17H13PS/c1-3-7-14(8-4-1)11-12-16-13-17(19-18-16)15-9-5-2-6-10-15/h1-13H/b12-11+. The smallest absolute Gasteiger partial charge is 0.0399 e. The van der Waals surface area contributed by atoms with Crippen LogP contribution in [0.15, 0.2) is 66.7 Å². The van der Waals surface area contributed by atoms with Crippen molar-refractivity contribution >= 4 is 30.5 Å². The Hall–Kier alpha value is -1.69. The van der Waals surface area contributed by atoms with E-state index in [1.54, 1.807) is 0 Å². The summed E-state index contributed by atoms with van der Waals surface area (Å²) in [4.78, 5) is 1.36. The van der Waals surface area contributed by atoms with Gasteiger partial charge in [0.2, 0.25) is 0 Å². The van der Waals surface area contributed by atoms with E-state index in [1.165, 1.54) is 28.7 Å². The minimum absolute atomic E-state index is 1.25. The molecule has 1 heterocycles. The van der Waals surface area contributed by atoms with Gasteiger partial charge >= 0.3 is 0 Å². The highest BCUT2D eigenvalue weighted by atomic mass is 32.5. The molecule has 0 saturated heterocycles. The fourth-order valence-electron chi connectivity index (χ4n) is 1.85. The van der Waals surface area contributed by atoms with E-state index in [2.05, 4.69) is 72.8 Å². The second-order valence-corrected chi connectivity index (χ2v) is 6.64. The van der Waals surface area contributed by atoms with Crippen LogP contribution in [-0.4, -0.2) is 0 Å². The number of hydrogen-bond donors (Lipinski definition) is 0. The van der Waals surface area contributed by atoms with E-state index in [9.17, 15) is 0 Å². The van der Waals surface area contributed by atoms with Crippen molar-refractivity contribution in [1.29, 1.82) is 0 Å². The van der Waals surface area contributed by atoms with Gasteiger partial charge in [-0.05, 0) is 30.6 Å². The van der Waals surface area contributed by atoms with Gasteiger partial charge in [-0.1, -0.05) is 66.7 Å². The van der Waals surface area contributed by atoms with Gasteiger partial charge in [0, 0.05) is 10.2 Å². The highest BCUT2D eigenvalue weighted by Crippen LogP contribution is 2.35. The Kier molecular flexibility index (Phi) is 3.88. The molecule has 3 rings (SSSR count). The van der Waals surface area contributed by atoms with Crippen LogP contribution >= 0.6 is 18.3 Å². The Balaban J connectivity index is 1.81. The molecule has 0 bridgehead atoms. The summed E-state index contributed by atoms with van der Waals surface area (Å²) < 4.78 is 0. The predicted molar refractivity (Wildman–Crippen MR) is 87.6 cm³/mol. The molecule has 2 heteroatoms. The number of benzene rings is 2. The van der Waals surface area contributed by atoms with Crippen LogP contribution in [-0.2, 0) is 0 Å². The van der Waals surface area contributed by atoms with Crippen LogP contribution in [0.25, 0.3) is 22.6 Å². The molecule has 0 amide bonds. The Morgan fingerprint density at radius 1 is 0.789 bits per heavy atom. The van der Waals surface area contributed by atoms with Crippen molar-refractivity contribution in [1.82, 2.24) is 0 Å². The van der Waals surface area contributed by atoms with Crippen LogP contribution in [0.1, 0.15) is 10.9 Å². The molecule has 3 aromatic rings. The van der Waals surface area contributed by atoms with Crippen LogP contribution in [0.3, 0.4) is 0 Å². The van der Waals surface area contributed by atoms with Gasteiger partial charge in [-0.15, -0.1) is 10.9 Å². The van der Waals surface area contributed by atoms with E-state index in [0.29, 0.717) is 0 Å². The molecule has 1 aromatic heterocycles. The number of rotatable bonds is 3. The highest BCUT2D eigenvalue weighted by Gasteiger charge is 2.00. The van der Waals surface area contributed by atoms with E-state index >= 15 is 0 Å². The van der Waals surface area contributed by atoms with Gasteiger partial charge in [-0.3, -0.25) is 0 Å². The van der Waals surface area contributed by atoms with Crippen molar-refractivity contribution in [2.45, 2.75) is 0 Å². The van der Waals surface area contributed by atoms with Crippen LogP contribution in [0, 0.1) is 0 Å². The molecule has 0 nitrogen and oxygen atoms in total. The minimum Gasteiger partial charge on any atom is -0.112 e. The SMILES string of the molecule is C(=C\c1cc(-c2ccccc2)sp1)/c1ccccc1. The van der Waals surface area contributed by atoms with Crippen molar-refractivity contribution in [3.8, 4) is 10.4 Å². The summed E-state index contributed by atoms with van der Waals surface area (Å²) in [6, 6.07) is 23.3. The summed E-state index contributed by atoms with van der Waals surface area (Å²) in [5.74, 6) is 0. The zero-order valence-electron chi connectivity index (χ0n) is 10.4. The first-order valence-corrected chi connectivity index (χ1v) is 8.49. The molecule has 0 unspecified atom stereocenters. The van der Waals surface area contributed by atoms with Gasteiger partial charge in [0.05, 0.1) is 0 Å². The lowest BCUT2D eigenvalue weighted by Crippen LogP contribution is -1.69. The highest BCUT2D eigenvalue weighted by molar-refractivity contribution is 7.82. The van der Waals surface area contributed by atoms with E-state index in [4.69, 9.17) is 0 Å². The number of hydrogen-bond acceptors (Lipinski definition) is 1. The van der Waals surface area contributed by atoms with Gasteiger partial charge in [0.15, 0.2) is 0 Å². The second-order valence-electron chi connectivity index (χ2n) is 4.23. The molecular weight excluding hydrogens is 267 g/mol. The Morgan fingerprint density at radius 2 is 1.47 bits per heavy atom. The fraction of sp³-hybridized carbons (Fsp3) is 0. The molecule has 0 aliphatic carbocycles.